The van der Waals surface area contributed by atoms with Crippen molar-refractivity contribution in [2.75, 3.05) is 58.4 Å². The second kappa shape index (κ2) is 15.6. The topological polar surface area (TPSA) is 124 Å². The van der Waals surface area contributed by atoms with E-state index in [1.807, 2.05) is 17.0 Å². The van der Waals surface area contributed by atoms with E-state index in [4.69, 9.17) is 9.72 Å². The molecular weight excluding hydrogens is 541 g/mol. The highest BCUT2D eigenvalue weighted by molar-refractivity contribution is 5.99. The maximum absolute atomic E-state index is 13.5. The zero-order valence-electron chi connectivity index (χ0n) is 24.3. The summed E-state index contributed by atoms with van der Waals surface area (Å²) in [6.07, 6.45) is 4.82. The van der Waals surface area contributed by atoms with Gasteiger partial charge < -0.3 is 30.3 Å². The number of rotatable bonds is 16. The maximum Gasteiger partial charge on any atom is 0.326 e. The number of nitrogens with one attached hydrogen (secondary N) is 2. The highest BCUT2D eigenvalue weighted by atomic mass is 19.1. The first-order chi connectivity index (χ1) is 20.4. The van der Waals surface area contributed by atoms with Gasteiger partial charge in [-0.1, -0.05) is 24.3 Å². The zero-order valence-corrected chi connectivity index (χ0v) is 24.3. The summed E-state index contributed by atoms with van der Waals surface area (Å²) in [7, 11) is 1.46. The molecule has 4 rings (SSSR count). The van der Waals surface area contributed by atoms with Crippen LogP contribution in [-0.2, 0) is 33.6 Å². The van der Waals surface area contributed by atoms with Gasteiger partial charge in [-0.2, -0.15) is 0 Å². The third kappa shape index (κ3) is 8.72. The van der Waals surface area contributed by atoms with Crippen LogP contribution in [0.25, 0.3) is 0 Å². The van der Waals surface area contributed by atoms with Crippen LogP contribution in [0.4, 0.5) is 10.2 Å². The first-order valence-electron chi connectivity index (χ1n) is 14.8. The van der Waals surface area contributed by atoms with Crippen LogP contribution in [0.2, 0.25) is 0 Å². The number of carboxylic acids is 1. The third-order valence-electron chi connectivity index (χ3n) is 7.96. The van der Waals surface area contributed by atoms with Gasteiger partial charge in [0.1, 0.15) is 18.5 Å². The van der Waals surface area contributed by atoms with Crippen molar-refractivity contribution in [1.82, 2.24) is 20.1 Å². The van der Waals surface area contributed by atoms with Gasteiger partial charge in [-0.15, -0.1) is 0 Å². The van der Waals surface area contributed by atoms with Crippen LogP contribution >= 0.6 is 0 Å². The van der Waals surface area contributed by atoms with E-state index in [0.717, 1.165) is 55.7 Å². The molecule has 0 saturated heterocycles. The number of unbranched alkanes of at least 4 members (excludes halogenated alkanes) is 1. The molecule has 2 amide bonds. The van der Waals surface area contributed by atoms with Crippen LogP contribution in [0.1, 0.15) is 52.9 Å². The van der Waals surface area contributed by atoms with Crippen LogP contribution < -0.4 is 10.6 Å². The predicted molar refractivity (Wildman–Crippen MR) is 157 cm³/mol. The molecule has 0 bridgehead atoms. The van der Waals surface area contributed by atoms with Crippen molar-refractivity contribution in [2.24, 2.45) is 0 Å². The van der Waals surface area contributed by atoms with Crippen LogP contribution in [0.3, 0.4) is 0 Å². The number of benzene rings is 1. The zero-order chi connectivity index (χ0) is 29.9. The standard InChI is InChI=1S/C31H42FN5O5/c1-42-25(19-32)20-36(16-5-4-9-24-12-11-23-8-6-15-33-29(23)34-24)17-14-27(31(40)41)35-28(38)21-37-18-13-22-7-2-3-10-26(22)30(37)39/h2-3,7,10-12,25,27H,4-6,8-9,13-21H2,1H3,(H,33,34)(H,35,38)(H,40,41)/t25?,27-/m0/s1. The lowest BCUT2D eigenvalue weighted by atomic mass is 9.99. The minimum absolute atomic E-state index is 0.138. The Morgan fingerprint density at radius 3 is 2.79 bits per heavy atom. The Labute approximate surface area is 246 Å². The number of carboxylic acid groups (broad SMARTS) is 1. The van der Waals surface area contributed by atoms with Gasteiger partial charge in [-0.25, -0.2) is 14.2 Å². The fourth-order valence-corrected chi connectivity index (χ4v) is 5.53. The van der Waals surface area contributed by atoms with Crippen LogP contribution in [0, 0.1) is 0 Å². The highest BCUT2D eigenvalue weighted by Crippen LogP contribution is 2.21. The fraction of sp³-hybridized carbons (Fsp3) is 0.548. The summed E-state index contributed by atoms with van der Waals surface area (Å²) in [5, 5.41) is 15.8. The minimum atomic E-state index is -1.15. The average molecular weight is 584 g/mol. The number of alkyl halides is 1. The lowest BCUT2D eigenvalue weighted by Crippen LogP contribution is -2.49. The van der Waals surface area contributed by atoms with E-state index < -0.39 is 30.7 Å². The second-order valence-electron chi connectivity index (χ2n) is 11.0. The van der Waals surface area contributed by atoms with Crippen molar-refractivity contribution in [2.45, 2.75) is 57.1 Å². The Morgan fingerprint density at radius 1 is 1.17 bits per heavy atom. The van der Waals surface area contributed by atoms with Crippen molar-refractivity contribution in [3.05, 3.63) is 58.8 Å². The molecule has 0 aliphatic carbocycles. The fourth-order valence-electron chi connectivity index (χ4n) is 5.53. The summed E-state index contributed by atoms with van der Waals surface area (Å²) < 4.78 is 18.7. The van der Waals surface area contributed by atoms with Gasteiger partial charge >= 0.3 is 5.97 Å². The lowest BCUT2D eigenvalue weighted by Gasteiger charge is -2.29. The molecule has 10 nitrogen and oxygen atoms in total. The molecule has 2 atom stereocenters. The number of hydrogen-bond acceptors (Lipinski definition) is 7. The van der Waals surface area contributed by atoms with E-state index in [-0.39, 0.29) is 18.9 Å². The Kier molecular flexibility index (Phi) is 11.7. The van der Waals surface area contributed by atoms with Gasteiger partial charge in [-0.05, 0) is 74.8 Å². The second-order valence-corrected chi connectivity index (χ2v) is 11.0. The summed E-state index contributed by atoms with van der Waals surface area (Å²) in [6, 6.07) is 10.4. The molecule has 2 aliphatic rings. The molecule has 0 radical (unpaired) electrons. The monoisotopic (exact) mass is 583 g/mol. The van der Waals surface area contributed by atoms with E-state index in [0.29, 0.717) is 38.2 Å². The molecule has 42 heavy (non-hydrogen) atoms. The number of aliphatic carboxylic acids is 1. The number of aromatic nitrogens is 1. The van der Waals surface area contributed by atoms with Gasteiger partial charge in [0.15, 0.2) is 0 Å². The molecule has 2 aliphatic heterocycles. The molecule has 0 spiro atoms. The van der Waals surface area contributed by atoms with E-state index in [1.165, 1.54) is 17.6 Å². The third-order valence-corrected chi connectivity index (χ3v) is 7.96. The molecule has 1 unspecified atom stereocenters. The highest BCUT2D eigenvalue weighted by Gasteiger charge is 2.28. The SMILES string of the molecule is COC(CF)CN(CCCCc1ccc2c(n1)NCCC2)CC[C@H](NC(=O)CN1CCc2ccccc2C1=O)C(=O)O. The summed E-state index contributed by atoms with van der Waals surface area (Å²) >= 11 is 0. The molecule has 3 heterocycles. The molecule has 3 N–H and O–H groups in total. The number of aryl methyl sites for hydroxylation is 2. The number of nitrogens with zero attached hydrogens (tertiary/aromatic N) is 3. The molecular formula is C31H42FN5O5. The number of pyridine rings is 1. The van der Waals surface area contributed by atoms with E-state index >= 15 is 0 Å². The lowest BCUT2D eigenvalue weighted by molar-refractivity contribution is -0.142. The molecule has 11 heteroatoms. The Balaban J connectivity index is 1.27. The number of anilines is 1. The Bertz CT molecular complexity index is 1220. The van der Waals surface area contributed by atoms with Crippen molar-refractivity contribution >= 4 is 23.6 Å². The Hall–Kier alpha value is -3.57. The van der Waals surface area contributed by atoms with E-state index in [9.17, 15) is 23.9 Å². The first-order valence-corrected chi connectivity index (χ1v) is 14.8. The molecule has 1 aromatic heterocycles. The minimum Gasteiger partial charge on any atom is -0.480 e. The summed E-state index contributed by atoms with van der Waals surface area (Å²) in [4.78, 5) is 45.8. The molecule has 2 aromatic rings. The van der Waals surface area contributed by atoms with Gasteiger partial charge in [0.05, 0.1) is 12.6 Å². The van der Waals surface area contributed by atoms with Crippen molar-refractivity contribution in [3.8, 4) is 0 Å². The number of methoxy groups -OCH3 is 1. The molecule has 0 fully saturated rings. The van der Waals surface area contributed by atoms with Crippen molar-refractivity contribution in [3.63, 3.8) is 0 Å². The first kappa shape index (κ1) is 31.4. The summed E-state index contributed by atoms with van der Waals surface area (Å²) in [6.45, 7) is 1.77. The van der Waals surface area contributed by atoms with E-state index in [1.54, 1.807) is 12.1 Å². The maximum atomic E-state index is 13.5. The Morgan fingerprint density at radius 2 is 2.00 bits per heavy atom. The summed E-state index contributed by atoms with van der Waals surface area (Å²) in [5.74, 6) is -0.932. The number of hydrogen-bond donors (Lipinski definition) is 3. The number of halogens is 1. The largest absolute Gasteiger partial charge is 0.480 e. The van der Waals surface area contributed by atoms with E-state index in [2.05, 4.69) is 22.8 Å². The quantitative estimate of drug-likeness (QED) is 0.258. The van der Waals surface area contributed by atoms with Crippen LogP contribution in [0.15, 0.2) is 36.4 Å². The normalized spacial score (nSPS) is 15.9. The smallest absolute Gasteiger partial charge is 0.326 e. The van der Waals surface area contributed by atoms with Crippen molar-refractivity contribution < 1.29 is 28.6 Å². The van der Waals surface area contributed by atoms with Crippen LogP contribution in [0.5, 0.6) is 0 Å². The number of carbonyl (C=O) groups is 3. The number of ether oxygens (including phenoxy) is 1. The molecule has 228 valence electrons. The van der Waals surface area contributed by atoms with Crippen LogP contribution in [-0.4, -0.2) is 103 Å². The van der Waals surface area contributed by atoms with Gasteiger partial charge in [-0.3, -0.25) is 9.59 Å². The van der Waals surface area contributed by atoms with Gasteiger partial charge in [0, 0.05) is 44.5 Å². The van der Waals surface area contributed by atoms with Crippen molar-refractivity contribution in [1.29, 1.82) is 0 Å². The molecule has 1 aromatic carbocycles. The van der Waals surface area contributed by atoms with Gasteiger partial charge in [0.25, 0.3) is 5.91 Å². The number of carbonyl (C=O) groups excluding carboxylic acids is 2. The summed E-state index contributed by atoms with van der Waals surface area (Å²) in [5.41, 5.74) is 3.79. The molecule has 0 saturated carbocycles. The predicted octanol–water partition coefficient (Wildman–Crippen LogP) is 2.71. The average Bonchev–Trinajstić information content (AvgIpc) is 3.00. The number of fused-ring (bicyclic) bond motifs is 2. The van der Waals surface area contributed by atoms with Gasteiger partial charge in [0.2, 0.25) is 5.91 Å². The number of amides is 2.